The van der Waals surface area contributed by atoms with E-state index in [9.17, 15) is 9.59 Å². The number of carboxylic acid groups (broad SMARTS) is 2. The van der Waals surface area contributed by atoms with Gasteiger partial charge in [0, 0.05) is 14.2 Å². The van der Waals surface area contributed by atoms with Gasteiger partial charge in [0.1, 0.15) is 0 Å². The Bertz CT molecular complexity index is 530. The maximum absolute atomic E-state index is 11.0. The Labute approximate surface area is 150 Å². The van der Waals surface area contributed by atoms with Gasteiger partial charge in [0.15, 0.2) is 0 Å². The fourth-order valence-electron chi connectivity index (χ4n) is 2.99. The molecule has 1 atom stereocenters. The van der Waals surface area contributed by atoms with Crippen LogP contribution in [0.5, 0.6) is 0 Å². The second-order valence-corrected chi connectivity index (χ2v) is 9.51. The van der Waals surface area contributed by atoms with Crippen LogP contribution in [0.15, 0.2) is 30.3 Å². The lowest BCUT2D eigenvalue weighted by molar-refractivity contribution is -0.148. The fraction of sp³-hybridized carbons (Fsp3) is 0.556. The van der Waals surface area contributed by atoms with Crippen molar-refractivity contribution in [3.8, 4) is 0 Å². The lowest BCUT2D eigenvalue weighted by atomic mass is 9.98. The molecule has 0 aromatic heterocycles. The molecule has 140 valence electrons. The van der Waals surface area contributed by atoms with E-state index < -0.39 is 26.4 Å². The quantitative estimate of drug-likeness (QED) is 0.411. The van der Waals surface area contributed by atoms with Crippen molar-refractivity contribution in [3.05, 3.63) is 30.3 Å². The van der Waals surface area contributed by atoms with E-state index in [-0.39, 0.29) is 6.42 Å². The SMILES string of the molecule is CO[Si](CCCCCCC(CC(=O)O)C(=O)O)(OC)c1ccccc1. The van der Waals surface area contributed by atoms with Crippen molar-refractivity contribution in [2.45, 2.75) is 44.6 Å². The van der Waals surface area contributed by atoms with Gasteiger partial charge in [-0.25, -0.2) is 0 Å². The fourth-order valence-corrected chi connectivity index (χ4v) is 5.74. The van der Waals surface area contributed by atoms with Crippen LogP contribution in [0.2, 0.25) is 6.04 Å². The molecule has 0 spiro atoms. The number of aliphatic carboxylic acids is 2. The van der Waals surface area contributed by atoms with Crippen molar-refractivity contribution < 1.29 is 28.7 Å². The first-order valence-corrected chi connectivity index (χ1v) is 10.6. The van der Waals surface area contributed by atoms with Crippen molar-refractivity contribution in [2.75, 3.05) is 14.2 Å². The van der Waals surface area contributed by atoms with Gasteiger partial charge in [-0.05, 0) is 17.7 Å². The summed E-state index contributed by atoms with van der Waals surface area (Å²) in [6, 6.07) is 10.8. The van der Waals surface area contributed by atoms with Crippen LogP contribution in [-0.2, 0) is 18.4 Å². The highest BCUT2D eigenvalue weighted by molar-refractivity contribution is 6.81. The first-order valence-electron chi connectivity index (χ1n) is 8.55. The second-order valence-electron chi connectivity index (χ2n) is 6.11. The van der Waals surface area contributed by atoms with Gasteiger partial charge in [0.25, 0.3) is 0 Å². The van der Waals surface area contributed by atoms with E-state index in [1.165, 1.54) is 0 Å². The highest BCUT2D eigenvalue weighted by Gasteiger charge is 2.37. The molecule has 0 aliphatic rings. The van der Waals surface area contributed by atoms with Gasteiger partial charge >= 0.3 is 20.5 Å². The molecule has 0 fully saturated rings. The minimum absolute atomic E-state index is 0.313. The van der Waals surface area contributed by atoms with E-state index >= 15 is 0 Å². The summed E-state index contributed by atoms with van der Waals surface area (Å²) in [7, 11) is 0.960. The van der Waals surface area contributed by atoms with Gasteiger partial charge in [-0.3, -0.25) is 9.59 Å². The highest BCUT2D eigenvalue weighted by Crippen LogP contribution is 2.19. The van der Waals surface area contributed by atoms with Crippen molar-refractivity contribution in [2.24, 2.45) is 5.92 Å². The van der Waals surface area contributed by atoms with Crippen LogP contribution >= 0.6 is 0 Å². The van der Waals surface area contributed by atoms with Crippen LogP contribution in [0.4, 0.5) is 0 Å². The summed E-state index contributed by atoms with van der Waals surface area (Å²) >= 11 is 0. The number of unbranched alkanes of at least 4 members (excludes halogenated alkanes) is 3. The van der Waals surface area contributed by atoms with Gasteiger partial charge in [-0.1, -0.05) is 56.0 Å². The van der Waals surface area contributed by atoms with Crippen molar-refractivity contribution >= 4 is 25.7 Å². The lowest BCUT2D eigenvalue weighted by Gasteiger charge is -2.27. The molecule has 1 aromatic carbocycles. The molecule has 6 nitrogen and oxygen atoms in total. The van der Waals surface area contributed by atoms with Crippen molar-refractivity contribution in [3.63, 3.8) is 0 Å². The maximum Gasteiger partial charge on any atom is 0.371 e. The molecular weight excluding hydrogens is 340 g/mol. The third-order valence-corrected chi connectivity index (χ3v) is 8.00. The summed E-state index contributed by atoms with van der Waals surface area (Å²) in [6.45, 7) is 0. The molecule has 0 saturated carbocycles. The number of hydrogen-bond donors (Lipinski definition) is 2. The Hall–Kier alpha value is -1.70. The molecule has 0 aliphatic heterocycles. The van der Waals surface area contributed by atoms with E-state index in [4.69, 9.17) is 19.1 Å². The molecule has 25 heavy (non-hydrogen) atoms. The average molecular weight is 369 g/mol. The summed E-state index contributed by atoms with van der Waals surface area (Å²) in [4.78, 5) is 21.7. The summed E-state index contributed by atoms with van der Waals surface area (Å²) in [5, 5.41) is 18.9. The van der Waals surface area contributed by atoms with Gasteiger partial charge < -0.3 is 19.1 Å². The van der Waals surface area contributed by atoms with Crippen LogP contribution in [0.25, 0.3) is 0 Å². The Kier molecular flexibility index (Phi) is 9.40. The molecule has 0 saturated heterocycles. The molecule has 1 rings (SSSR count). The van der Waals surface area contributed by atoms with E-state index in [0.717, 1.165) is 30.5 Å². The predicted octanol–water partition coefficient (Wildman–Crippen LogP) is 2.75. The van der Waals surface area contributed by atoms with Gasteiger partial charge in [-0.2, -0.15) is 0 Å². The number of hydrogen-bond acceptors (Lipinski definition) is 4. The molecule has 0 amide bonds. The first kappa shape index (κ1) is 21.3. The molecule has 2 N–H and O–H groups in total. The van der Waals surface area contributed by atoms with E-state index in [1.54, 1.807) is 14.2 Å². The van der Waals surface area contributed by atoms with Crippen LogP contribution in [-0.4, -0.2) is 44.9 Å². The molecule has 7 heteroatoms. The van der Waals surface area contributed by atoms with Gasteiger partial charge in [-0.15, -0.1) is 0 Å². The van der Waals surface area contributed by atoms with Crippen LogP contribution in [0.1, 0.15) is 38.5 Å². The monoisotopic (exact) mass is 368 g/mol. The van der Waals surface area contributed by atoms with E-state index in [0.29, 0.717) is 12.8 Å². The second kappa shape index (κ2) is 11.0. The zero-order chi connectivity index (χ0) is 18.7. The number of rotatable bonds is 13. The van der Waals surface area contributed by atoms with Crippen LogP contribution in [0, 0.1) is 5.92 Å². The Balaban J connectivity index is 2.40. The summed E-state index contributed by atoms with van der Waals surface area (Å²) in [5.74, 6) is -2.89. The minimum Gasteiger partial charge on any atom is -0.481 e. The first-order chi connectivity index (χ1) is 11.9. The highest BCUT2D eigenvalue weighted by atomic mass is 28.4. The Morgan fingerprint density at radius 1 is 1.00 bits per heavy atom. The molecule has 0 aliphatic carbocycles. The van der Waals surface area contributed by atoms with Crippen LogP contribution in [0.3, 0.4) is 0 Å². The predicted molar refractivity (Wildman–Crippen MR) is 97.1 cm³/mol. The van der Waals surface area contributed by atoms with Crippen molar-refractivity contribution in [1.29, 1.82) is 0 Å². The number of benzene rings is 1. The minimum atomic E-state index is -2.41. The Morgan fingerprint density at radius 3 is 2.12 bits per heavy atom. The normalized spacial score (nSPS) is 12.7. The largest absolute Gasteiger partial charge is 0.481 e. The average Bonchev–Trinajstić information content (AvgIpc) is 2.61. The molecule has 1 unspecified atom stereocenters. The number of carbonyl (C=O) groups is 2. The maximum atomic E-state index is 11.0. The van der Waals surface area contributed by atoms with Gasteiger partial charge in [0.05, 0.1) is 12.3 Å². The topological polar surface area (TPSA) is 93.1 Å². The third-order valence-electron chi connectivity index (χ3n) is 4.45. The smallest absolute Gasteiger partial charge is 0.371 e. The summed E-state index contributed by atoms with van der Waals surface area (Å²) in [6.07, 6.45) is 3.54. The molecule has 0 heterocycles. The third kappa shape index (κ3) is 6.97. The van der Waals surface area contributed by atoms with Gasteiger partial charge in [0.2, 0.25) is 0 Å². The summed E-state index contributed by atoms with van der Waals surface area (Å²) in [5.41, 5.74) is 0. The molecular formula is C18H28O6Si. The molecule has 1 aromatic rings. The van der Waals surface area contributed by atoms with Crippen molar-refractivity contribution in [1.82, 2.24) is 0 Å². The standard InChI is InChI=1S/C18H28O6Si/c1-23-25(24-2,16-11-7-5-8-12-16)13-9-4-3-6-10-15(18(21)22)14-17(19)20/h5,7-8,11-12,15H,3-4,6,9-10,13-14H2,1-2H3,(H,19,20)(H,21,22). The molecule has 0 bridgehead atoms. The summed E-state index contributed by atoms with van der Waals surface area (Å²) < 4.78 is 11.5. The zero-order valence-corrected chi connectivity index (χ0v) is 15.9. The Morgan fingerprint density at radius 2 is 1.60 bits per heavy atom. The van der Waals surface area contributed by atoms with E-state index in [1.807, 2.05) is 30.3 Å². The number of carboxylic acids is 2. The lowest BCUT2D eigenvalue weighted by Crippen LogP contribution is -2.52. The van der Waals surface area contributed by atoms with Crippen LogP contribution < -0.4 is 5.19 Å². The zero-order valence-electron chi connectivity index (χ0n) is 14.9. The van der Waals surface area contributed by atoms with E-state index in [2.05, 4.69) is 0 Å². The molecule has 0 radical (unpaired) electrons.